The van der Waals surface area contributed by atoms with E-state index in [2.05, 4.69) is 57.7 Å². The number of para-hydroxylation sites is 3. The summed E-state index contributed by atoms with van der Waals surface area (Å²) in [6.07, 6.45) is 0. The number of carbonyl (C=O) groups excluding carboxylic acids is 1. The summed E-state index contributed by atoms with van der Waals surface area (Å²) < 4.78 is 11.4. The lowest BCUT2D eigenvalue weighted by atomic mass is 10.2. The van der Waals surface area contributed by atoms with Crippen molar-refractivity contribution in [3.63, 3.8) is 0 Å². The van der Waals surface area contributed by atoms with E-state index in [0.717, 1.165) is 94.0 Å². The van der Waals surface area contributed by atoms with Crippen LogP contribution in [0, 0.1) is 6.57 Å². The molecule has 0 fully saturated rings. The summed E-state index contributed by atoms with van der Waals surface area (Å²) in [6.45, 7) is 10.7. The number of pyridine rings is 3. The fourth-order valence-electron chi connectivity index (χ4n) is 10.00. The first-order valence-electron chi connectivity index (χ1n) is 27.3. The summed E-state index contributed by atoms with van der Waals surface area (Å²) in [7, 11) is 6.00. The molecule has 0 aliphatic heterocycles. The number of aryl methyl sites for hydroxylation is 3. The Bertz CT molecular complexity index is 5110. The minimum atomic E-state index is -1.39. The molecule has 13 aromatic rings. The van der Waals surface area contributed by atoms with Gasteiger partial charge in [0.05, 0.1) is 66.5 Å². The van der Waals surface area contributed by atoms with Crippen LogP contribution in [0.15, 0.2) is 202 Å². The first kappa shape index (κ1) is 65.5. The number of Topliss-reactive ketones (excluding diaryl/α,β-unsaturated/α-hetero) is 1. The van der Waals surface area contributed by atoms with E-state index >= 15 is 0 Å². The Morgan fingerprint density at radius 2 is 0.911 bits per heavy atom. The van der Waals surface area contributed by atoms with Crippen molar-refractivity contribution in [3.8, 4) is 27.6 Å². The molecule has 0 atom stereocenters. The molecule has 0 amide bonds. The molecule has 6 aromatic carbocycles. The maximum absolute atomic E-state index is 12.8. The summed E-state index contributed by atoms with van der Waals surface area (Å²) in [5.74, 6) is -3.25. The van der Waals surface area contributed by atoms with Crippen LogP contribution in [0.25, 0.3) is 98.3 Å². The number of nitrogens with zero attached hydrogens (tertiary/aromatic N) is 8. The molecule has 7 aromatic heterocycles. The molecule has 0 saturated heterocycles. The molecule has 7 heterocycles. The Morgan fingerprint density at radius 1 is 0.567 bits per heavy atom. The number of halogens is 1. The van der Waals surface area contributed by atoms with E-state index in [4.69, 9.17) is 45.6 Å². The highest BCUT2D eigenvalue weighted by Gasteiger charge is 2.18. The lowest BCUT2D eigenvalue weighted by molar-refractivity contribution is -0.147. The standard InChI is InChI=1S/C22H15N3O3S.C19H15N3OS.C19H13N3O.C3H3BrO3.C2H5NS.C2H6O/c1-24-17-5-3-2-4-15(17)20-18(24)10-11-19(26)25(20)14-8-6-13(7-9-14)21-23-16(12-29-21)22(27)28;1-21-15-5-3-2-4-14(15)18-16(21)10-11-17(23)22(18)13-8-6-12(7-9-13)19(20)24;1-20-13-7-9-14(10-8-13)22-18(23)12-11-17-19(22)15-5-3-4-6-16(15)21(17)2;4-1-2(5)3(6)7;1-2(3)4;1-2-3/h2-12H,1H3,(H,27,28);2-11H,1H3,(H2,20,24);3-12H,2H3;1H2,(H,6,7);1H3,(H2,3,4);3H,2H2,1H3. The van der Waals surface area contributed by atoms with Crippen molar-refractivity contribution in [2.45, 2.75) is 13.8 Å². The second-order valence-corrected chi connectivity index (χ2v) is 22.2. The number of aromatic carboxylic acids is 1. The van der Waals surface area contributed by atoms with Gasteiger partial charge in [-0.15, -0.1) is 11.3 Å². The number of alkyl halides is 1. The van der Waals surface area contributed by atoms with E-state index in [1.54, 1.807) is 57.9 Å². The number of carbonyl (C=O) groups is 3. The van der Waals surface area contributed by atoms with Crippen LogP contribution in [0.2, 0.25) is 0 Å². The fourth-order valence-corrected chi connectivity index (χ4v) is 11.2. The maximum Gasteiger partial charge on any atom is 0.373 e. The van der Waals surface area contributed by atoms with Crippen LogP contribution in [-0.4, -0.2) is 87.3 Å². The number of rotatable bonds is 8. The number of benzene rings is 6. The highest BCUT2D eigenvalue weighted by molar-refractivity contribution is 9.09. The number of fused-ring (bicyclic) bond motifs is 9. The van der Waals surface area contributed by atoms with Gasteiger partial charge in [0.15, 0.2) is 11.4 Å². The van der Waals surface area contributed by atoms with Gasteiger partial charge in [0.25, 0.3) is 16.7 Å². The SMILES string of the molecule is CC(N)=S.CCO.Cn1c2ccccc2c2c1ccc(=O)n2-c1ccc(-c2nc(C(=O)O)cs2)cc1.Cn1c2ccccc2c2c1ccc(=O)n2-c1ccc(C(N)=S)cc1.O=C(O)C(=O)CBr.[C-]#[N+]c1ccc(-n2c(=O)ccc3c2c2ccccc2n3C)cc1. The predicted octanol–water partition coefficient (Wildman–Crippen LogP) is 11.8. The van der Waals surface area contributed by atoms with Gasteiger partial charge in [-0.1, -0.05) is 107 Å². The van der Waals surface area contributed by atoms with Gasteiger partial charge < -0.3 is 40.5 Å². The highest BCUT2D eigenvalue weighted by atomic mass is 79.9. The largest absolute Gasteiger partial charge is 0.476 e. The summed E-state index contributed by atoms with van der Waals surface area (Å²) >= 11 is 13.3. The van der Waals surface area contributed by atoms with E-state index in [1.807, 2.05) is 167 Å². The first-order chi connectivity index (χ1) is 43.1. The fraction of sp³-hybridized carbons (Fsp3) is 0.104. The van der Waals surface area contributed by atoms with Gasteiger partial charge in [0, 0.05) is 95.7 Å². The lowest BCUT2D eigenvalue weighted by Crippen LogP contribution is -2.17. The Morgan fingerprint density at radius 3 is 1.21 bits per heavy atom. The Kier molecular flexibility index (Phi) is 21.1. The van der Waals surface area contributed by atoms with Crippen LogP contribution in [0.4, 0.5) is 5.69 Å². The number of nitrogens with two attached hydrogens (primary N) is 2. The zero-order valence-corrected chi connectivity index (χ0v) is 53.0. The van der Waals surface area contributed by atoms with Crippen LogP contribution >= 0.6 is 51.7 Å². The van der Waals surface area contributed by atoms with Gasteiger partial charge in [-0.25, -0.2) is 19.4 Å². The first-order valence-corrected chi connectivity index (χ1v) is 30.1. The van der Waals surface area contributed by atoms with Crippen molar-refractivity contribution in [2.75, 3.05) is 11.9 Å². The molecule has 0 spiro atoms. The van der Waals surface area contributed by atoms with Crippen molar-refractivity contribution in [2.24, 2.45) is 32.6 Å². The Labute approximate surface area is 536 Å². The van der Waals surface area contributed by atoms with Gasteiger partial charge in [-0.05, 0) is 111 Å². The number of aliphatic hydroxyl groups excluding tert-OH is 1. The lowest BCUT2D eigenvalue weighted by Gasteiger charge is -2.09. The zero-order chi connectivity index (χ0) is 65.1. The molecule has 0 radical (unpaired) electrons. The molecule has 13 rings (SSSR count). The number of aliphatic carboxylic acids is 1. The van der Waals surface area contributed by atoms with Crippen LogP contribution in [0.1, 0.15) is 29.9 Å². The van der Waals surface area contributed by atoms with Crippen LogP contribution in [0.5, 0.6) is 0 Å². The molecule has 23 heteroatoms. The number of hydrogen-bond acceptors (Lipinski definition) is 11. The molecule has 7 N–H and O–H groups in total. The number of hydrogen-bond donors (Lipinski definition) is 5. The Balaban J connectivity index is 0.000000158. The van der Waals surface area contributed by atoms with E-state index in [0.29, 0.717) is 20.7 Å². The molecule has 19 nitrogen and oxygen atoms in total. The molecule has 90 heavy (non-hydrogen) atoms. The third-order valence-electron chi connectivity index (χ3n) is 14.0. The predicted molar refractivity (Wildman–Crippen MR) is 370 cm³/mol. The topological polar surface area (TPSA) is 262 Å². The second-order valence-electron chi connectivity index (χ2n) is 19.7. The third-order valence-corrected chi connectivity index (χ3v) is 15.6. The summed E-state index contributed by atoms with van der Waals surface area (Å²) in [4.78, 5) is 76.8. The second kappa shape index (κ2) is 29.0. The zero-order valence-electron chi connectivity index (χ0n) is 48.9. The number of ketones is 1. The van der Waals surface area contributed by atoms with Gasteiger partial charge in [0.1, 0.15) is 10.00 Å². The van der Waals surface area contributed by atoms with E-state index in [9.17, 15) is 28.8 Å². The average Bonchev–Trinajstić information content (AvgIpc) is 1.62. The third kappa shape index (κ3) is 13.9. The number of thiocarbonyl (C=S) groups is 2. The number of carboxylic acids is 2. The summed E-state index contributed by atoms with van der Waals surface area (Å²) in [6, 6.07) is 56.5. The van der Waals surface area contributed by atoms with Gasteiger partial charge >= 0.3 is 11.9 Å². The smallest absolute Gasteiger partial charge is 0.373 e. The highest BCUT2D eigenvalue weighted by Crippen LogP contribution is 2.33. The van der Waals surface area contributed by atoms with Gasteiger partial charge in [0.2, 0.25) is 5.78 Å². The molecule has 0 saturated carbocycles. The van der Waals surface area contributed by atoms with Crippen molar-refractivity contribution in [3.05, 3.63) is 241 Å². The van der Waals surface area contributed by atoms with Crippen molar-refractivity contribution < 1.29 is 29.7 Å². The van der Waals surface area contributed by atoms with Gasteiger partial charge in [-0.3, -0.25) is 32.9 Å². The van der Waals surface area contributed by atoms with Gasteiger partial charge in [-0.2, -0.15) is 0 Å². The van der Waals surface area contributed by atoms with E-state index in [-0.39, 0.29) is 34.3 Å². The molecule has 454 valence electrons. The number of carboxylic acid groups (broad SMARTS) is 2. The van der Waals surface area contributed by atoms with Crippen molar-refractivity contribution in [1.82, 2.24) is 32.4 Å². The quantitative estimate of drug-likeness (QED) is 0.0410. The van der Waals surface area contributed by atoms with Crippen molar-refractivity contribution >= 4 is 151 Å². The average molecular weight is 1320 g/mol. The van der Waals surface area contributed by atoms with E-state index < -0.39 is 17.7 Å². The molecular formula is C67H57BrN10O9S3. The molecule has 0 aliphatic carbocycles. The van der Waals surface area contributed by atoms with Crippen LogP contribution in [-0.2, 0) is 30.7 Å². The Hall–Kier alpha value is -10.5. The summed E-state index contributed by atoms with van der Waals surface area (Å²) in [5, 5.41) is 29.6. The van der Waals surface area contributed by atoms with E-state index in [1.165, 1.54) is 16.7 Å². The van der Waals surface area contributed by atoms with Crippen molar-refractivity contribution in [1.29, 1.82) is 0 Å². The normalized spacial score (nSPS) is 10.6. The minimum Gasteiger partial charge on any atom is -0.476 e. The monoisotopic (exact) mass is 1320 g/mol. The molecule has 0 aliphatic rings. The molecule has 0 unspecified atom stereocenters. The number of aliphatic hydroxyl groups is 1. The summed E-state index contributed by atoms with van der Waals surface area (Å²) in [5.41, 5.74) is 23.6. The maximum atomic E-state index is 12.8. The van der Waals surface area contributed by atoms with Crippen LogP contribution in [0.3, 0.4) is 0 Å². The number of thiazole rings is 1. The molecule has 0 bridgehead atoms. The number of aromatic nitrogens is 7. The van der Waals surface area contributed by atoms with Crippen LogP contribution < -0.4 is 28.1 Å². The minimum absolute atomic E-state index is 0.0332. The molecular weight excluding hydrogens is 1260 g/mol.